The lowest BCUT2D eigenvalue weighted by molar-refractivity contribution is -0.123. The van der Waals surface area contributed by atoms with Crippen LogP contribution in [0, 0.1) is 27.7 Å². The highest BCUT2D eigenvalue weighted by molar-refractivity contribution is 5.84. The highest BCUT2D eigenvalue weighted by atomic mass is 16.5. The third-order valence-electron chi connectivity index (χ3n) is 4.23. The first-order chi connectivity index (χ1) is 12.4. The van der Waals surface area contributed by atoms with E-state index in [-0.39, 0.29) is 12.5 Å². The van der Waals surface area contributed by atoms with Gasteiger partial charge in [0, 0.05) is 30.6 Å². The van der Waals surface area contributed by atoms with Gasteiger partial charge >= 0.3 is 0 Å². The van der Waals surface area contributed by atoms with Crippen LogP contribution in [-0.2, 0) is 16.1 Å². The van der Waals surface area contributed by atoms with Gasteiger partial charge in [0.15, 0.2) is 6.61 Å². The predicted molar refractivity (Wildman–Crippen MR) is 103 cm³/mol. The van der Waals surface area contributed by atoms with E-state index in [2.05, 4.69) is 15.1 Å². The molecule has 6 nitrogen and oxygen atoms in total. The average molecular weight is 357 g/mol. The van der Waals surface area contributed by atoms with Crippen molar-refractivity contribution in [2.24, 2.45) is 5.10 Å². The highest BCUT2D eigenvalue weighted by Gasteiger charge is 2.08. The molecule has 1 aromatic carbocycles. The SMILES string of the molecule is COCCn1c(C)cc(C=NNC(=O)COc2cc(C)ccc2C)c1C. The minimum Gasteiger partial charge on any atom is -0.483 e. The predicted octanol–water partition coefficient (Wildman–Crippen LogP) is 2.90. The summed E-state index contributed by atoms with van der Waals surface area (Å²) in [7, 11) is 1.69. The van der Waals surface area contributed by atoms with E-state index < -0.39 is 0 Å². The molecular weight excluding hydrogens is 330 g/mol. The minimum atomic E-state index is -0.296. The molecule has 0 bridgehead atoms. The molecule has 0 unspecified atom stereocenters. The van der Waals surface area contributed by atoms with Gasteiger partial charge in [-0.05, 0) is 51.0 Å². The molecule has 0 spiro atoms. The summed E-state index contributed by atoms with van der Waals surface area (Å²) in [5.41, 5.74) is 7.78. The Hall–Kier alpha value is -2.60. The number of aryl methyl sites for hydroxylation is 3. The fourth-order valence-corrected chi connectivity index (χ4v) is 2.70. The second-order valence-electron chi connectivity index (χ2n) is 6.32. The van der Waals surface area contributed by atoms with E-state index >= 15 is 0 Å². The molecule has 0 saturated carbocycles. The van der Waals surface area contributed by atoms with Crippen LogP contribution < -0.4 is 10.2 Å². The van der Waals surface area contributed by atoms with Crippen molar-refractivity contribution < 1.29 is 14.3 Å². The standard InChI is InChI=1S/C20H27N3O3/c1-14-6-7-15(2)19(10-14)26-13-20(24)22-21-12-18-11-16(3)23(17(18)4)8-9-25-5/h6-7,10-12H,8-9,13H2,1-5H3,(H,22,24). The maximum absolute atomic E-state index is 11.9. The van der Waals surface area contributed by atoms with Gasteiger partial charge in [0.05, 0.1) is 12.8 Å². The summed E-state index contributed by atoms with van der Waals surface area (Å²) >= 11 is 0. The van der Waals surface area contributed by atoms with Crippen molar-refractivity contribution in [1.82, 2.24) is 9.99 Å². The third kappa shape index (κ3) is 5.20. The number of rotatable bonds is 8. The fourth-order valence-electron chi connectivity index (χ4n) is 2.70. The molecule has 2 rings (SSSR count). The summed E-state index contributed by atoms with van der Waals surface area (Å²) in [6.45, 7) is 9.36. The Balaban J connectivity index is 1.90. The van der Waals surface area contributed by atoms with Crippen LogP contribution in [0.5, 0.6) is 5.75 Å². The normalized spacial score (nSPS) is 11.1. The number of amides is 1. The second-order valence-corrected chi connectivity index (χ2v) is 6.32. The number of hydrogen-bond acceptors (Lipinski definition) is 4. The van der Waals surface area contributed by atoms with Gasteiger partial charge in [0.25, 0.3) is 5.91 Å². The second kappa shape index (κ2) is 9.20. The lowest BCUT2D eigenvalue weighted by Crippen LogP contribution is -2.24. The Labute approximate surface area is 154 Å². The molecule has 1 heterocycles. The van der Waals surface area contributed by atoms with Crippen LogP contribution in [-0.4, -0.2) is 37.0 Å². The summed E-state index contributed by atoms with van der Waals surface area (Å²) in [5, 5.41) is 4.04. The molecular formula is C20H27N3O3. The maximum atomic E-state index is 11.9. The van der Waals surface area contributed by atoms with E-state index in [1.54, 1.807) is 13.3 Å². The van der Waals surface area contributed by atoms with Gasteiger partial charge in [-0.1, -0.05) is 12.1 Å². The van der Waals surface area contributed by atoms with Crippen LogP contribution in [0.25, 0.3) is 0 Å². The third-order valence-corrected chi connectivity index (χ3v) is 4.23. The van der Waals surface area contributed by atoms with Crippen molar-refractivity contribution in [1.29, 1.82) is 0 Å². The number of benzene rings is 1. The number of hydrazone groups is 1. The van der Waals surface area contributed by atoms with E-state index in [9.17, 15) is 4.79 Å². The Morgan fingerprint density at radius 1 is 1.23 bits per heavy atom. The van der Waals surface area contributed by atoms with Crippen molar-refractivity contribution in [3.8, 4) is 5.75 Å². The summed E-state index contributed by atoms with van der Waals surface area (Å²) in [4.78, 5) is 11.9. The summed E-state index contributed by atoms with van der Waals surface area (Å²) < 4.78 is 12.9. The van der Waals surface area contributed by atoms with Gasteiger partial charge in [0.2, 0.25) is 0 Å². The quantitative estimate of drug-likeness (QED) is 0.584. The molecule has 26 heavy (non-hydrogen) atoms. The van der Waals surface area contributed by atoms with Crippen LogP contribution in [0.1, 0.15) is 28.1 Å². The number of hydrogen-bond donors (Lipinski definition) is 1. The van der Waals surface area contributed by atoms with Gasteiger partial charge in [0.1, 0.15) is 5.75 Å². The molecule has 0 fully saturated rings. The van der Waals surface area contributed by atoms with Crippen molar-refractivity contribution in [3.05, 3.63) is 52.3 Å². The number of methoxy groups -OCH3 is 1. The zero-order chi connectivity index (χ0) is 19.1. The van der Waals surface area contributed by atoms with Gasteiger partial charge in [-0.25, -0.2) is 5.43 Å². The first kappa shape index (κ1) is 19.7. The first-order valence-electron chi connectivity index (χ1n) is 8.60. The number of carbonyl (C=O) groups is 1. The number of nitrogens with zero attached hydrogens (tertiary/aromatic N) is 2. The van der Waals surface area contributed by atoms with E-state index in [1.165, 1.54) is 0 Å². The molecule has 1 aromatic heterocycles. The van der Waals surface area contributed by atoms with Crippen LogP contribution in [0.4, 0.5) is 0 Å². The molecule has 6 heteroatoms. The Morgan fingerprint density at radius 2 is 2.00 bits per heavy atom. The Bertz CT molecular complexity index is 794. The summed E-state index contributed by atoms with van der Waals surface area (Å²) in [6, 6.07) is 7.93. The van der Waals surface area contributed by atoms with Gasteiger partial charge in [-0.2, -0.15) is 5.10 Å². The lowest BCUT2D eigenvalue weighted by atomic mass is 10.1. The van der Waals surface area contributed by atoms with Gasteiger partial charge < -0.3 is 14.0 Å². The molecule has 0 aliphatic heterocycles. The van der Waals surface area contributed by atoms with Crippen LogP contribution in [0.15, 0.2) is 29.4 Å². The molecule has 1 N–H and O–H groups in total. The van der Waals surface area contributed by atoms with E-state index in [1.807, 2.05) is 52.0 Å². The van der Waals surface area contributed by atoms with Crippen molar-refractivity contribution in [2.45, 2.75) is 34.2 Å². The monoisotopic (exact) mass is 357 g/mol. The topological polar surface area (TPSA) is 64.8 Å². The van der Waals surface area contributed by atoms with Gasteiger partial charge in [-0.3, -0.25) is 4.79 Å². The zero-order valence-corrected chi connectivity index (χ0v) is 16.1. The smallest absolute Gasteiger partial charge is 0.277 e. The van der Waals surface area contributed by atoms with Gasteiger partial charge in [-0.15, -0.1) is 0 Å². The number of ether oxygens (including phenoxy) is 2. The maximum Gasteiger partial charge on any atom is 0.277 e. The number of aromatic nitrogens is 1. The average Bonchev–Trinajstić information content (AvgIpc) is 2.87. The molecule has 0 aliphatic rings. The van der Waals surface area contributed by atoms with E-state index in [4.69, 9.17) is 9.47 Å². The molecule has 1 amide bonds. The molecule has 0 saturated heterocycles. The van der Waals surface area contributed by atoms with Crippen LogP contribution >= 0.6 is 0 Å². The van der Waals surface area contributed by atoms with Crippen molar-refractivity contribution >= 4 is 12.1 Å². The van der Waals surface area contributed by atoms with Crippen LogP contribution in [0.2, 0.25) is 0 Å². The molecule has 140 valence electrons. The Kier molecular flexibility index (Phi) is 6.97. The lowest BCUT2D eigenvalue weighted by Gasteiger charge is -2.09. The van der Waals surface area contributed by atoms with Crippen molar-refractivity contribution in [2.75, 3.05) is 20.3 Å². The van der Waals surface area contributed by atoms with E-state index in [0.717, 1.165) is 34.6 Å². The summed E-state index contributed by atoms with van der Waals surface area (Å²) in [5.74, 6) is 0.418. The summed E-state index contributed by atoms with van der Waals surface area (Å²) in [6.07, 6.45) is 1.65. The number of carbonyl (C=O) groups excluding carboxylic acids is 1. The molecule has 0 radical (unpaired) electrons. The minimum absolute atomic E-state index is 0.0749. The number of nitrogens with one attached hydrogen (secondary N) is 1. The largest absolute Gasteiger partial charge is 0.483 e. The zero-order valence-electron chi connectivity index (χ0n) is 16.1. The first-order valence-corrected chi connectivity index (χ1v) is 8.60. The van der Waals surface area contributed by atoms with Crippen LogP contribution in [0.3, 0.4) is 0 Å². The molecule has 2 aromatic rings. The highest BCUT2D eigenvalue weighted by Crippen LogP contribution is 2.18. The molecule has 0 aliphatic carbocycles. The van der Waals surface area contributed by atoms with E-state index in [0.29, 0.717) is 12.4 Å². The fraction of sp³-hybridized carbons (Fsp3) is 0.400. The molecule has 0 atom stereocenters. The van der Waals surface area contributed by atoms with Crippen molar-refractivity contribution in [3.63, 3.8) is 0 Å². The Morgan fingerprint density at radius 3 is 2.73 bits per heavy atom.